The number of carbonyl (C=O) groups is 1. The van der Waals surface area contributed by atoms with Gasteiger partial charge in [-0.1, -0.05) is 13.3 Å². The minimum absolute atomic E-state index is 0.00426. The third-order valence-corrected chi connectivity index (χ3v) is 4.40. The minimum Gasteiger partial charge on any atom is -0.396 e. The molecule has 0 unspecified atom stereocenters. The Labute approximate surface area is 114 Å². The molecule has 0 radical (unpaired) electrons. The van der Waals surface area contributed by atoms with Gasteiger partial charge in [0.25, 0.3) is 0 Å². The van der Waals surface area contributed by atoms with Crippen LogP contribution < -0.4 is 5.32 Å². The fourth-order valence-electron chi connectivity index (χ4n) is 1.35. The molecule has 0 aromatic heterocycles. The first-order valence-corrected chi connectivity index (χ1v) is 8.61. The monoisotopic (exact) mass is 279 g/mol. The SMILES string of the molecule is CCCCS[C@@H](C)C(=O)N[C@H](CCO)CSC. The van der Waals surface area contributed by atoms with Gasteiger partial charge in [0.15, 0.2) is 0 Å². The van der Waals surface area contributed by atoms with Crippen LogP contribution in [-0.4, -0.2) is 46.7 Å². The van der Waals surface area contributed by atoms with Gasteiger partial charge in [-0.05, 0) is 31.8 Å². The Morgan fingerprint density at radius 1 is 1.47 bits per heavy atom. The van der Waals surface area contributed by atoms with E-state index in [4.69, 9.17) is 5.11 Å². The maximum absolute atomic E-state index is 11.9. The van der Waals surface area contributed by atoms with Crippen LogP contribution in [0.25, 0.3) is 0 Å². The summed E-state index contributed by atoms with van der Waals surface area (Å²) in [6, 6.07) is 0.0942. The van der Waals surface area contributed by atoms with E-state index in [0.717, 1.165) is 17.9 Å². The van der Waals surface area contributed by atoms with E-state index in [0.29, 0.717) is 6.42 Å². The van der Waals surface area contributed by atoms with Crippen molar-refractivity contribution in [3.63, 3.8) is 0 Å². The second-order valence-corrected chi connectivity index (χ2v) is 6.40. The fourth-order valence-corrected chi connectivity index (χ4v) is 3.03. The van der Waals surface area contributed by atoms with Gasteiger partial charge in [0.05, 0.1) is 5.25 Å². The maximum atomic E-state index is 11.9. The van der Waals surface area contributed by atoms with Crippen LogP contribution in [0.3, 0.4) is 0 Å². The van der Waals surface area contributed by atoms with E-state index in [-0.39, 0.29) is 23.8 Å². The Morgan fingerprint density at radius 2 is 2.18 bits per heavy atom. The van der Waals surface area contributed by atoms with Gasteiger partial charge in [-0.25, -0.2) is 0 Å². The zero-order valence-electron chi connectivity index (χ0n) is 11.1. The van der Waals surface area contributed by atoms with Crippen molar-refractivity contribution in [2.45, 2.75) is 44.4 Å². The number of carbonyl (C=O) groups excluding carboxylic acids is 1. The van der Waals surface area contributed by atoms with Crippen LogP contribution >= 0.6 is 23.5 Å². The van der Waals surface area contributed by atoms with Crippen molar-refractivity contribution in [1.82, 2.24) is 5.32 Å². The summed E-state index contributed by atoms with van der Waals surface area (Å²) in [5.74, 6) is 2.00. The molecule has 0 aliphatic carbocycles. The molecule has 0 aliphatic rings. The molecule has 0 heterocycles. The summed E-state index contributed by atoms with van der Waals surface area (Å²) >= 11 is 3.40. The molecule has 0 fully saturated rings. The molecule has 0 saturated carbocycles. The molecule has 5 heteroatoms. The number of aliphatic hydroxyl groups is 1. The summed E-state index contributed by atoms with van der Waals surface area (Å²) in [6.07, 6.45) is 4.98. The molecule has 17 heavy (non-hydrogen) atoms. The standard InChI is InChI=1S/C12H25NO2S2/c1-4-5-8-17-10(2)12(15)13-11(6-7-14)9-16-3/h10-11,14H,4-9H2,1-3H3,(H,13,15)/t10-,11+/m0/s1. The number of hydrogen-bond acceptors (Lipinski definition) is 4. The van der Waals surface area contributed by atoms with E-state index in [1.807, 2.05) is 13.2 Å². The Balaban J connectivity index is 3.92. The van der Waals surface area contributed by atoms with E-state index >= 15 is 0 Å². The molecular formula is C12H25NO2S2. The molecule has 0 bridgehead atoms. The molecule has 0 saturated heterocycles. The largest absolute Gasteiger partial charge is 0.396 e. The molecule has 1 amide bonds. The van der Waals surface area contributed by atoms with Crippen molar-refractivity contribution in [3.8, 4) is 0 Å². The molecule has 0 aliphatic heterocycles. The average Bonchev–Trinajstić information content (AvgIpc) is 2.29. The van der Waals surface area contributed by atoms with Crippen molar-refractivity contribution < 1.29 is 9.90 Å². The van der Waals surface area contributed by atoms with E-state index < -0.39 is 0 Å². The molecule has 0 spiro atoms. The predicted molar refractivity (Wildman–Crippen MR) is 78.8 cm³/mol. The number of amides is 1. The van der Waals surface area contributed by atoms with Crippen molar-refractivity contribution in [1.29, 1.82) is 0 Å². The van der Waals surface area contributed by atoms with Gasteiger partial charge in [0, 0.05) is 18.4 Å². The molecular weight excluding hydrogens is 254 g/mol. The molecule has 2 atom stereocenters. The minimum atomic E-state index is 0.00426. The molecule has 3 nitrogen and oxygen atoms in total. The van der Waals surface area contributed by atoms with Gasteiger partial charge in [0.2, 0.25) is 5.91 Å². The second-order valence-electron chi connectivity index (χ2n) is 4.04. The summed E-state index contributed by atoms with van der Waals surface area (Å²) in [5.41, 5.74) is 0. The number of unbranched alkanes of at least 4 members (excludes halogenated alkanes) is 1. The number of thioether (sulfide) groups is 2. The smallest absolute Gasteiger partial charge is 0.233 e. The van der Waals surface area contributed by atoms with Crippen molar-refractivity contribution in [2.24, 2.45) is 0 Å². The van der Waals surface area contributed by atoms with Crippen LogP contribution in [0.15, 0.2) is 0 Å². The van der Waals surface area contributed by atoms with Crippen LogP contribution in [0.4, 0.5) is 0 Å². The van der Waals surface area contributed by atoms with Crippen LogP contribution in [0.5, 0.6) is 0 Å². The third kappa shape index (κ3) is 8.80. The lowest BCUT2D eigenvalue weighted by atomic mass is 10.2. The van der Waals surface area contributed by atoms with Gasteiger partial charge in [-0.2, -0.15) is 11.8 Å². The normalized spacial score (nSPS) is 14.4. The number of aliphatic hydroxyl groups excluding tert-OH is 1. The second kappa shape index (κ2) is 11.2. The first kappa shape index (κ1) is 17.1. The Bertz CT molecular complexity index is 197. The first-order chi connectivity index (χ1) is 8.15. The predicted octanol–water partition coefficient (Wildman–Crippen LogP) is 2.14. The quantitative estimate of drug-likeness (QED) is 0.602. The lowest BCUT2D eigenvalue weighted by Gasteiger charge is -2.19. The highest BCUT2D eigenvalue weighted by Crippen LogP contribution is 2.13. The summed E-state index contributed by atoms with van der Waals surface area (Å²) in [7, 11) is 0. The van der Waals surface area contributed by atoms with Gasteiger partial charge in [-0.3, -0.25) is 4.79 Å². The third-order valence-electron chi connectivity index (χ3n) is 2.43. The summed E-state index contributed by atoms with van der Waals surface area (Å²) in [4.78, 5) is 11.9. The van der Waals surface area contributed by atoms with Crippen molar-refractivity contribution in [2.75, 3.05) is 24.4 Å². The molecule has 2 N–H and O–H groups in total. The van der Waals surface area contributed by atoms with E-state index in [1.54, 1.807) is 23.5 Å². The highest BCUT2D eigenvalue weighted by molar-refractivity contribution is 8.00. The van der Waals surface area contributed by atoms with Gasteiger partial charge < -0.3 is 10.4 Å². The molecule has 0 rings (SSSR count). The average molecular weight is 279 g/mol. The molecule has 102 valence electrons. The lowest BCUT2D eigenvalue weighted by Crippen LogP contribution is -2.41. The topological polar surface area (TPSA) is 49.3 Å². The zero-order valence-corrected chi connectivity index (χ0v) is 12.7. The van der Waals surface area contributed by atoms with Crippen molar-refractivity contribution >= 4 is 29.4 Å². The Hall–Kier alpha value is 0.130. The Kier molecular flexibility index (Phi) is 11.3. The Morgan fingerprint density at radius 3 is 2.71 bits per heavy atom. The van der Waals surface area contributed by atoms with Crippen LogP contribution in [0.2, 0.25) is 0 Å². The number of nitrogens with one attached hydrogen (secondary N) is 1. The van der Waals surface area contributed by atoms with E-state index in [1.165, 1.54) is 6.42 Å². The molecule has 0 aromatic rings. The van der Waals surface area contributed by atoms with E-state index in [9.17, 15) is 4.79 Å². The highest BCUT2D eigenvalue weighted by atomic mass is 32.2. The highest BCUT2D eigenvalue weighted by Gasteiger charge is 2.17. The summed E-state index contributed by atoms with van der Waals surface area (Å²) < 4.78 is 0. The van der Waals surface area contributed by atoms with Gasteiger partial charge in [-0.15, -0.1) is 11.8 Å². The van der Waals surface area contributed by atoms with Crippen LogP contribution in [-0.2, 0) is 4.79 Å². The molecule has 0 aromatic carbocycles. The van der Waals surface area contributed by atoms with Gasteiger partial charge >= 0.3 is 0 Å². The fraction of sp³-hybridized carbons (Fsp3) is 0.917. The maximum Gasteiger partial charge on any atom is 0.233 e. The van der Waals surface area contributed by atoms with Crippen LogP contribution in [0.1, 0.15) is 33.1 Å². The van der Waals surface area contributed by atoms with Gasteiger partial charge in [0.1, 0.15) is 0 Å². The summed E-state index contributed by atoms with van der Waals surface area (Å²) in [6.45, 7) is 4.23. The number of rotatable bonds is 10. The number of hydrogen-bond donors (Lipinski definition) is 2. The first-order valence-electron chi connectivity index (χ1n) is 6.17. The van der Waals surface area contributed by atoms with Crippen LogP contribution in [0, 0.1) is 0 Å². The van der Waals surface area contributed by atoms with E-state index in [2.05, 4.69) is 12.2 Å². The van der Waals surface area contributed by atoms with Crippen molar-refractivity contribution in [3.05, 3.63) is 0 Å². The summed E-state index contributed by atoms with van der Waals surface area (Å²) in [5, 5.41) is 11.9. The zero-order chi connectivity index (χ0) is 13.1. The lowest BCUT2D eigenvalue weighted by molar-refractivity contribution is -0.120.